The first-order valence-corrected chi connectivity index (χ1v) is 7.97. The fourth-order valence-corrected chi connectivity index (χ4v) is 2.21. The van der Waals surface area contributed by atoms with E-state index in [9.17, 15) is 56.2 Å². The van der Waals surface area contributed by atoms with Gasteiger partial charge in [-0.15, -0.1) is 0 Å². The first kappa shape index (κ1) is 24.3. The van der Waals surface area contributed by atoms with E-state index in [1.807, 2.05) is 0 Å². The van der Waals surface area contributed by atoms with Gasteiger partial charge in [-0.1, -0.05) is 19.8 Å². The van der Waals surface area contributed by atoms with Crippen LogP contribution in [-0.2, 0) is 4.43 Å². The van der Waals surface area contributed by atoms with Crippen molar-refractivity contribution in [1.29, 1.82) is 0 Å². The van der Waals surface area contributed by atoms with Crippen LogP contribution in [0.15, 0.2) is 0 Å². The maximum absolute atomic E-state index is 13.4. The van der Waals surface area contributed by atoms with E-state index in [1.54, 1.807) is 4.43 Å². The van der Waals surface area contributed by atoms with Gasteiger partial charge in [0.25, 0.3) is 0 Å². The van der Waals surface area contributed by atoms with Gasteiger partial charge in [-0.25, -0.2) is 12.3 Å². The van der Waals surface area contributed by atoms with Crippen LogP contribution >= 0.6 is 0 Å². The Kier molecular flexibility index (Phi) is 6.91. The molecule has 0 aromatic carbocycles. The summed E-state index contributed by atoms with van der Waals surface area (Å²) in [4.78, 5) is 0. The van der Waals surface area contributed by atoms with E-state index in [-0.39, 0.29) is 12.8 Å². The summed E-state index contributed by atoms with van der Waals surface area (Å²) < 4.78 is 168. The number of halogens is 13. The van der Waals surface area contributed by atoms with Gasteiger partial charge >= 0.3 is 39.1 Å². The summed E-state index contributed by atoms with van der Waals surface area (Å²) in [6, 6.07) is 0. The van der Waals surface area contributed by atoms with Crippen molar-refractivity contribution in [2.45, 2.75) is 62.4 Å². The third kappa shape index (κ3) is 4.71. The van der Waals surface area contributed by atoms with Crippen LogP contribution in [0.25, 0.3) is 0 Å². The Morgan fingerprint density at radius 3 is 1.48 bits per heavy atom. The molecule has 1 nitrogen and oxygen atoms in total. The molecule has 0 fully saturated rings. The molecule has 0 saturated heterocycles. The first-order chi connectivity index (χ1) is 10.8. The lowest BCUT2D eigenvalue weighted by Crippen LogP contribution is -2.70. The SMILES string of the molecule is CCCCCC(F)(F)C(F)(F)C(F)(F)C(F)(O[Si](F)(F)F)C(F)(F)F. The number of hydrogen-bond acceptors (Lipinski definition) is 1. The molecule has 0 saturated carbocycles. The Bertz CT molecular complexity index is 443. The van der Waals surface area contributed by atoms with Crippen molar-refractivity contribution in [3.05, 3.63) is 0 Å². The Morgan fingerprint density at radius 1 is 0.720 bits per heavy atom. The molecule has 1 atom stereocenters. The smallest absolute Gasteiger partial charge is 0.295 e. The van der Waals surface area contributed by atoms with Gasteiger partial charge in [-0.2, -0.15) is 43.9 Å². The molecule has 152 valence electrons. The van der Waals surface area contributed by atoms with Crippen LogP contribution in [0.2, 0.25) is 0 Å². The fourth-order valence-electron chi connectivity index (χ4n) is 1.65. The molecule has 25 heavy (non-hydrogen) atoms. The summed E-state index contributed by atoms with van der Waals surface area (Å²) in [5.74, 6) is -28.0. The van der Waals surface area contributed by atoms with Gasteiger partial charge in [-0.05, 0) is 6.42 Å². The van der Waals surface area contributed by atoms with Crippen molar-refractivity contribution in [2.75, 3.05) is 0 Å². The Hall–Kier alpha value is -0.733. The largest absolute Gasteiger partial charge is 0.805 e. The summed E-state index contributed by atoms with van der Waals surface area (Å²) in [5.41, 5.74) is 0. The molecular formula is C10H11F13OSi. The average Bonchev–Trinajstić information content (AvgIpc) is 2.34. The van der Waals surface area contributed by atoms with E-state index in [2.05, 4.69) is 0 Å². The molecule has 0 aliphatic rings. The summed E-state index contributed by atoms with van der Waals surface area (Å²) in [7, 11) is -8.33. The molecule has 0 bridgehead atoms. The molecule has 0 amide bonds. The van der Waals surface area contributed by atoms with Crippen molar-refractivity contribution in [2.24, 2.45) is 0 Å². The zero-order chi connectivity index (χ0) is 20.5. The number of rotatable bonds is 9. The van der Waals surface area contributed by atoms with Gasteiger partial charge in [0.05, 0.1) is 0 Å². The average molecular weight is 422 g/mol. The zero-order valence-corrected chi connectivity index (χ0v) is 13.2. The lowest BCUT2D eigenvalue weighted by Gasteiger charge is -2.40. The lowest BCUT2D eigenvalue weighted by atomic mass is 9.94. The highest BCUT2D eigenvalue weighted by molar-refractivity contribution is 6.51. The van der Waals surface area contributed by atoms with Crippen LogP contribution in [0.1, 0.15) is 32.6 Å². The third-order valence-electron chi connectivity index (χ3n) is 2.97. The molecule has 0 spiro atoms. The quantitative estimate of drug-likeness (QED) is 0.190. The second-order valence-corrected chi connectivity index (χ2v) is 6.05. The Labute approximate surface area is 133 Å². The van der Waals surface area contributed by atoms with E-state index in [1.165, 1.54) is 6.92 Å². The predicted molar refractivity (Wildman–Crippen MR) is 59.0 cm³/mol. The molecule has 0 N–H and O–H groups in total. The number of unbranched alkanes of at least 4 members (excludes halogenated alkanes) is 2. The molecule has 0 radical (unpaired) electrons. The molecule has 0 aromatic heterocycles. The minimum absolute atomic E-state index is 0.121. The molecule has 0 heterocycles. The van der Waals surface area contributed by atoms with Gasteiger partial charge < -0.3 is 0 Å². The minimum Gasteiger partial charge on any atom is -0.295 e. The van der Waals surface area contributed by atoms with Crippen LogP contribution < -0.4 is 0 Å². The maximum Gasteiger partial charge on any atom is 0.805 e. The zero-order valence-electron chi connectivity index (χ0n) is 12.2. The van der Waals surface area contributed by atoms with Gasteiger partial charge in [-0.3, -0.25) is 4.43 Å². The van der Waals surface area contributed by atoms with Gasteiger partial charge in [0.1, 0.15) is 0 Å². The summed E-state index contributed by atoms with van der Waals surface area (Å²) >= 11 is 0. The highest BCUT2D eigenvalue weighted by atomic mass is 28.5. The van der Waals surface area contributed by atoms with E-state index in [0.29, 0.717) is 0 Å². The minimum atomic E-state index is -8.33. The van der Waals surface area contributed by atoms with E-state index >= 15 is 0 Å². The summed E-state index contributed by atoms with van der Waals surface area (Å²) in [6.45, 7) is 1.38. The summed E-state index contributed by atoms with van der Waals surface area (Å²) in [5, 5.41) is 0. The van der Waals surface area contributed by atoms with Gasteiger partial charge in [0.15, 0.2) is 0 Å². The Balaban J connectivity index is 6.07. The highest BCUT2D eigenvalue weighted by Gasteiger charge is 2.88. The highest BCUT2D eigenvalue weighted by Crippen LogP contribution is 2.58. The number of hydrogen-bond donors (Lipinski definition) is 0. The predicted octanol–water partition coefficient (Wildman–Crippen LogP) is 6.06. The summed E-state index contributed by atoms with van der Waals surface area (Å²) in [6.07, 6.45) is -10.4. The molecule has 1 unspecified atom stereocenters. The van der Waals surface area contributed by atoms with E-state index in [4.69, 9.17) is 0 Å². The van der Waals surface area contributed by atoms with Crippen LogP contribution in [0, 0.1) is 0 Å². The lowest BCUT2D eigenvalue weighted by molar-refractivity contribution is -0.441. The fraction of sp³-hybridized carbons (Fsp3) is 1.00. The molecule has 0 aliphatic heterocycles. The normalized spacial score (nSPS) is 17.5. The van der Waals surface area contributed by atoms with Gasteiger partial charge in [0.2, 0.25) is 0 Å². The molecule has 15 heteroatoms. The monoisotopic (exact) mass is 422 g/mol. The molecular weight excluding hydrogens is 411 g/mol. The van der Waals surface area contributed by atoms with Crippen LogP contribution in [0.3, 0.4) is 0 Å². The molecule has 0 rings (SSSR count). The molecule has 0 aliphatic carbocycles. The van der Waals surface area contributed by atoms with Crippen molar-refractivity contribution < 1.29 is 60.7 Å². The topological polar surface area (TPSA) is 9.23 Å². The van der Waals surface area contributed by atoms with Crippen LogP contribution in [0.4, 0.5) is 56.2 Å². The second kappa shape index (κ2) is 7.11. The van der Waals surface area contributed by atoms with E-state index in [0.717, 1.165) is 0 Å². The van der Waals surface area contributed by atoms with Crippen molar-refractivity contribution >= 4 is 9.32 Å². The van der Waals surface area contributed by atoms with Crippen molar-refractivity contribution in [3.8, 4) is 0 Å². The second-order valence-electron chi connectivity index (χ2n) is 4.95. The first-order valence-electron chi connectivity index (χ1n) is 6.43. The van der Waals surface area contributed by atoms with Crippen molar-refractivity contribution in [1.82, 2.24) is 0 Å². The Morgan fingerprint density at radius 2 is 1.16 bits per heavy atom. The maximum atomic E-state index is 13.4. The number of alkyl halides is 10. The van der Waals surface area contributed by atoms with Crippen LogP contribution in [0.5, 0.6) is 0 Å². The van der Waals surface area contributed by atoms with Crippen molar-refractivity contribution in [3.63, 3.8) is 0 Å². The van der Waals surface area contributed by atoms with Crippen LogP contribution in [-0.4, -0.2) is 39.1 Å². The van der Waals surface area contributed by atoms with E-state index < -0.39 is 52.0 Å². The standard InChI is InChI=1S/C10H11F13OSi/c1-2-3-4-5-6(11,12)7(13,14)8(15,16)9(17,10(18,19)20)24-25(21,22)23/h2-5H2,1H3. The van der Waals surface area contributed by atoms with Gasteiger partial charge in [0, 0.05) is 6.42 Å². The molecule has 0 aromatic rings. The third-order valence-corrected chi connectivity index (χ3v) is 3.49.